The smallest absolute Gasteiger partial charge is 0.323 e. The maximum atomic E-state index is 12.7. The number of carboxylic acids is 1. The van der Waals surface area contributed by atoms with Crippen LogP contribution in [-0.4, -0.2) is 37.8 Å². The molecule has 0 bridgehead atoms. The zero-order valence-electron chi connectivity index (χ0n) is 12.6. The van der Waals surface area contributed by atoms with Gasteiger partial charge in [-0.15, -0.1) is 0 Å². The lowest BCUT2D eigenvalue weighted by Gasteiger charge is -2.10. The Hall–Kier alpha value is -3.42. The molecule has 0 saturated carbocycles. The molecule has 24 heavy (non-hydrogen) atoms. The molecule has 122 valence electrons. The summed E-state index contributed by atoms with van der Waals surface area (Å²) in [5, 5.41) is 18.9. The molecule has 0 spiro atoms. The Morgan fingerprint density at radius 1 is 1.33 bits per heavy atom. The summed E-state index contributed by atoms with van der Waals surface area (Å²) in [6, 6.07) is 7.56. The van der Waals surface area contributed by atoms with E-state index in [0.717, 1.165) is 4.57 Å². The number of aliphatic carboxylic acids is 1. The fourth-order valence-electron chi connectivity index (χ4n) is 2.38. The predicted molar refractivity (Wildman–Crippen MR) is 85.1 cm³/mol. The molecule has 0 amide bonds. The quantitative estimate of drug-likeness (QED) is 0.741. The zero-order chi connectivity index (χ0) is 17.3. The number of nitrogens with zero attached hydrogens (tertiary/aromatic N) is 3. The van der Waals surface area contributed by atoms with Crippen molar-refractivity contribution < 1.29 is 19.7 Å². The number of aromatic nitrogens is 3. The molecule has 0 aliphatic carbocycles. The van der Waals surface area contributed by atoms with Crippen molar-refractivity contribution in [2.45, 2.75) is 6.54 Å². The van der Waals surface area contributed by atoms with Gasteiger partial charge in [-0.1, -0.05) is 0 Å². The van der Waals surface area contributed by atoms with Gasteiger partial charge in [0.2, 0.25) is 0 Å². The van der Waals surface area contributed by atoms with E-state index in [4.69, 9.17) is 9.84 Å². The summed E-state index contributed by atoms with van der Waals surface area (Å²) in [6.45, 7) is -0.544. The van der Waals surface area contributed by atoms with Gasteiger partial charge in [0.25, 0.3) is 5.56 Å². The average Bonchev–Trinajstić information content (AvgIpc) is 2.56. The second kappa shape index (κ2) is 5.99. The third-order valence-electron chi connectivity index (χ3n) is 3.40. The Morgan fingerprint density at radius 2 is 2.12 bits per heavy atom. The first-order valence-electron chi connectivity index (χ1n) is 6.95. The number of carboxylic acid groups (broad SMARTS) is 1. The van der Waals surface area contributed by atoms with E-state index in [1.54, 1.807) is 12.1 Å². The molecule has 0 saturated heterocycles. The van der Waals surface area contributed by atoms with E-state index in [2.05, 4.69) is 9.97 Å². The number of rotatable bonds is 4. The van der Waals surface area contributed by atoms with Gasteiger partial charge in [-0.25, -0.2) is 9.97 Å². The van der Waals surface area contributed by atoms with Crippen LogP contribution in [-0.2, 0) is 11.3 Å². The normalized spacial score (nSPS) is 10.7. The van der Waals surface area contributed by atoms with Crippen LogP contribution in [0.25, 0.3) is 22.4 Å². The number of methoxy groups -OCH3 is 1. The van der Waals surface area contributed by atoms with Crippen LogP contribution in [0.5, 0.6) is 11.5 Å². The first-order valence-corrected chi connectivity index (χ1v) is 6.95. The molecule has 8 heteroatoms. The molecule has 2 aromatic heterocycles. The first kappa shape index (κ1) is 15.5. The van der Waals surface area contributed by atoms with Gasteiger partial charge in [0.05, 0.1) is 7.11 Å². The number of ether oxygens (including phenoxy) is 1. The Balaban J connectivity index is 2.33. The third-order valence-corrected chi connectivity index (χ3v) is 3.40. The van der Waals surface area contributed by atoms with Crippen LogP contribution in [0.2, 0.25) is 0 Å². The van der Waals surface area contributed by atoms with Crippen molar-refractivity contribution in [1.82, 2.24) is 14.5 Å². The molecular formula is C16H13N3O5. The van der Waals surface area contributed by atoms with Gasteiger partial charge in [0.1, 0.15) is 29.3 Å². The van der Waals surface area contributed by atoms with E-state index in [9.17, 15) is 14.7 Å². The van der Waals surface area contributed by atoms with Crippen LogP contribution >= 0.6 is 0 Å². The molecule has 0 aliphatic rings. The van der Waals surface area contributed by atoms with Crippen LogP contribution in [0.1, 0.15) is 0 Å². The lowest BCUT2D eigenvalue weighted by atomic mass is 10.1. The van der Waals surface area contributed by atoms with E-state index in [1.807, 2.05) is 0 Å². The lowest BCUT2D eigenvalue weighted by molar-refractivity contribution is -0.137. The van der Waals surface area contributed by atoms with Crippen LogP contribution in [0.3, 0.4) is 0 Å². The molecule has 3 rings (SSSR count). The number of hydrogen-bond acceptors (Lipinski definition) is 6. The van der Waals surface area contributed by atoms with Crippen molar-refractivity contribution in [2.75, 3.05) is 7.11 Å². The summed E-state index contributed by atoms with van der Waals surface area (Å²) in [4.78, 5) is 32.1. The highest BCUT2D eigenvalue weighted by Gasteiger charge is 2.16. The van der Waals surface area contributed by atoms with Crippen molar-refractivity contribution >= 4 is 17.1 Å². The molecule has 0 unspecified atom stereocenters. The third kappa shape index (κ3) is 2.76. The molecule has 2 N–H and O–H groups in total. The molecule has 2 heterocycles. The number of fused-ring (bicyclic) bond motifs is 1. The second-order valence-electron chi connectivity index (χ2n) is 5.01. The minimum Gasteiger partial charge on any atom is -0.508 e. The van der Waals surface area contributed by atoms with Crippen LogP contribution in [0.4, 0.5) is 0 Å². The fourth-order valence-corrected chi connectivity index (χ4v) is 2.38. The minimum absolute atomic E-state index is 0.00551. The summed E-state index contributed by atoms with van der Waals surface area (Å²) < 4.78 is 6.11. The van der Waals surface area contributed by atoms with Crippen LogP contribution < -0.4 is 10.3 Å². The highest BCUT2D eigenvalue weighted by molar-refractivity contribution is 5.77. The number of carbonyl (C=O) groups is 1. The van der Waals surface area contributed by atoms with Crippen molar-refractivity contribution in [1.29, 1.82) is 0 Å². The SMILES string of the molecule is COc1cc(O)cc(-c2nc3cccnc3n(CC(=O)O)c2=O)c1. The average molecular weight is 327 g/mol. The van der Waals surface area contributed by atoms with Crippen molar-refractivity contribution in [3.8, 4) is 22.8 Å². The molecule has 0 aliphatic heterocycles. The highest BCUT2D eigenvalue weighted by Crippen LogP contribution is 2.27. The van der Waals surface area contributed by atoms with Gasteiger partial charge >= 0.3 is 5.97 Å². The molecule has 1 aromatic carbocycles. The molecule has 0 atom stereocenters. The number of phenols is 1. The summed E-state index contributed by atoms with van der Waals surface area (Å²) in [7, 11) is 1.43. The fraction of sp³-hybridized carbons (Fsp3) is 0.125. The number of phenolic OH excluding ortho intramolecular Hbond substituents is 1. The maximum absolute atomic E-state index is 12.7. The zero-order valence-corrected chi connectivity index (χ0v) is 12.6. The maximum Gasteiger partial charge on any atom is 0.323 e. The van der Waals surface area contributed by atoms with Gasteiger partial charge < -0.3 is 14.9 Å². The number of hydrogen-bond donors (Lipinski definition) is 2. The van der Waals surface area contributed by atoms with Gasteiger partial charge in [-0.2, -0.15) is 0 Å². The summed E-state index contributed by atoms with van der Waals surface area (Å²) >= 11 is 0. The highest BCUT2D eigenvalue weighted by atomic mass is 16.5. The monoisotopic (exact) mass is 327 g/mol. The lowest BCUT2D eigenvalue weighted by Crippen LogP contribution is -2.27. The molecular weight excluding hydrogens is 314 g/mol. The van der Waals surface area contributed by atoms with Crippen molar-refractivity contribution in [3.05, 3.63) is 46.9 Å². The largest absolute Gasteiger partial charge is 0.508 e. The number of benzene rings is 1. The van der Waals surface area contributed by atoms with Gasteiger partial charge in [0.15, 0.2) is 5.65 Å². The predicted octanol–water partition coefficient (Wildman–Crippen LogP) is 1.26. The van der Waals surface area contributed by atoms with Gasteiger partial charge in [-0.05, 0) is 24.3 Å². The topological polar surface area (TPSA) is 115 Å². The number of pyridine rings is 1. The van der Waals surface area contributed by atoms with Crippen LogP contribution in [0.15, 0.2) is 41.3 Å². The number of aromatic hydroxyl groups is 1. The molecule has 3 aromatic rings. The standard InChI is InChI=1S/C16H13N3O5/c1-24-11-6-9(5-10(20)7-11)14-16(23)19(8-13(21)22)15-12(18-14)3-2-4-17-15/h2-7,20H,8H2,1H3,(H,21,22). The van der Waals surface area contributed by atoms with Crippen LogP contribution in [0, 0.1) is 0 Å². The van der Waals surface area contributed by atoms with Gasteiger partial charge in [-0.3, -0.25) is 14.2 Å². The van der Waals surface area contributed by atoms with E-state index in [-0.39, 0.29) is 17.1 Å². The molecule has 0 radical (unpaired) electrons. The van der Waals surface area contributed by atoms with E-state index in [0.29, 0.717) is 16.8 Å². The molecule has 8 nitrogen and oxygen atoms in total. The summed E-state index contributed by atoms with van der Waals surface area (Å²) in [6.07, 6.45) is 1.46. The Labute approximate surface area is 135 Å². The molecule has 0 fully saturated rings. The van der Waals surface area contributed by atoms with Gasteiger partial charge in [0, 0.05) is 17.8 Å². The van der Waals surface area contributed by atoms with Crippen molar-refractivity contribution in [3.63, 3.8) is 0 Å². The second-order valence-corrected chi connectivity index (χ2v) is 5.01. The summed E-state index contributed by atoms with van der Waals surface area (Å²) in [5.74, 6) is -0.918. The first-order chi connectivity index (χ1) is 11.5. The van der Waals surface area contributed by atoms with Crippen molar-refractivity contribution in [2.24, 2.45) is 0 Å². The van der Waals surface area contributed by atoms with E-state index < -0.39 is 18.1 Å². The Kier molecular flexibility index (Phi) is 3.87. The minimum atomic E-state index is -1.17. The van der Waals surface area contributed by atoms with E-state index in [1.165, 1.54) is 31.5 Å². The van der Waals surface area contributed by atoms with E-state index >= 15 is 0 Å². The Bertz CT molecular complexity index is 997. The Morgan fingerprint density at radius 3 is 2.83 bits per heavy atom. The summed E-state index contributed by atoms with van der Waals surface area (Å²) in [5.41, 5.74) is 0.264.